The van der Waals surface area contributed by atoms with E-state index in [0.717, 1.165) is 12.8 Å². The van der Waals surface area contributed by atoms with Crippen LogP contribution in [0.15, 0.2) is 0 Å². The molecule has 1 fully saturated rings. The quantitative estimate of drug-likeness (QED) is 0.554. The van der Waals surface area contributed by atoms with Crippen LogP contribution in [0.25, 0.3) is 0 Å². The van der Waals surface area contributed by atoms with E-state index in [-0.39, 0.29) is 11.9 Å². The zero-order valence-electron chi connectivity index (χ0n) is 12.5. The molecule has 1 aliphatic rings. The lowest BCUT2D eigenvalue weighted by molar-refractivity contribution is 0.0938. The van der Waals surface area contributed by atoms with E-state index in [1.54, 1.807) is 7.11 Å². The van der Waals surface area contributed by atoms with Gasteiger partial charge in [-0.05, 0) is 12.8 Å². The van der Waals surface area contributed by atoms with Gasteiger partial charge in [0.25, 0.3) is 5.91 Å². The molecule has 1 aromatic rings. The Morgan fingerprint density at radius 3 is 2.76 bits per heavy atom. The average Bonchev–Trinajstić information content (AvgIpc) is 2.67. The molecule has 0 aliphatic heterocycles. The highest BCUT2D eigenvalue weighted by atomic mass is 32.1. The summed E-state index contributed by atoms with van der Waals surface area (Å²) in [5, 5.41) is 6.86. The molecule has 1 aromatic heterocycles. The molecule has 0 unspecified atom stereocenters. The Balaban J connectivity index is 1.91. The third kappa shape index (κ3) is 4.86. The fraction of sp³-hybridized carbons (Fsp3) is 0.714. The van der Waals surface area contributed by atoms with Crippen LogP contribution in [0.2, 0.25) is 0 Å². The number of amides is 1. The number of hydrogen-bond acceptors (Lipinski definition) is 6. The van der Waals surface area contributed by atoms with Gasteiger partial charge < -0.3 is 21.1 Å². The monoisotopic (exact) mass is 312 g/mol. The summed E-state index contributed by atoms with van der Waals surface area (Å²) >= 11 is 1.30. The summed E-state index contributed by atoms with van der Waals surface area (Å²) in [5.74, 6) is 0.197. The average molecular weight is 312 g/mol. The first-order valence-electron chi connectivity index (χ1n) is 7.50. The van der Waals surface area contributed by atoms with Crippen molar-refractivity contribution in [3.05, 3.63) is 4.88 Å². The van der Waals surface area contributed by atoms with Crippen LogP contribution in [-0.2, 0) is 4.74 Å². The van der Waals surface area contributed by atoms with E-state index in [1.165, 1.54) is 37.0 Å². The van der Waals surface area contributed by atoms with Gasteiger partial charge >= 0.3 is 0 Å². The van der Waals surface area contributed by atoms with Crippen LogP contribution in [0.5, 0.6) is 0 Å². The number of methoxy groups -OCH3 is 1. The van der Waals surface area contributed by atoms with Crippen molar-refractivity contribution in [2.45, 2.75) is 44.6 Å². The fourth-order valence-electron chi connectivity index (χ4n) is 2.50. The number of carbonyl (C=O) groups is 1. The van der Waals surface area contributed by atoms with Crippen LogP contribution in [0.4, 0.5) is 10.9 Å². The molecule has 7 heteroatoms. The lowest BCUT2D eigenvalue weighted by Gasteiger charge is -2.15. The maximum absolute atomic E-state index is 12.3. The second kappa shape index (κ2) is 8.19. The van der Waals surface area contributed by atoms with E-state index in [0.29, 0.717) is 29.0 Å². The third-order valence-electron chi connectivity index (χ3n) is 3.63. The first kappa shape index (κ1) is 16.0. The molecular formula is C14H24N4O2S. The number of thiazole rings is 1. The molecular weight excluding hydrogens is 288 g/mol. The summed E-state index contributed by atoms with van der Waals surface area (Å²) in [6, 6.07) is 0.270. The Hall–Kier alpha value is -1.34. The van der Waals surface area contributed by atoms with Gasteiger partial charge in [0.15, 0.2) is 5.13 Å². The Labute approximate surface area is 129 Å². The second-order valence-corrected chi connectivity index (χ2v) is 6.31. The van der Waals surface area contributed by atoms with Crippen LogP contribution in [0.1, 0.15) is 48.2 Å². The SMILES string of the molecule is COCCNc1nc(N)c(C(=O)NC2CCCCCC2)s1. The van der Waals surface area contributed by atoms with Gasteiger partial charge in [-0.1, -0.05) is 37.0 Å². The highest BCUT2D eigenvalue weighted by molar-refractivity contribution is 7.18. The molecule has 2 rings (SSSR count). The number of carbonyl (C=O) groups excluding carboxylic acids is 1. The number of nitrogens with two attached hydrogens (primary N) is 1. The van der Waals surface area contributed by atoms with Gasteiger partial charge in [-0.15, -0.1) is 0 Å². The van der Waals surface area contributed by atoms with Crippen LogP contribution in [0, 0.1) is 0 Å². The molecule has 0 atom stereocenters. The number of rotatable bonds is 6. The molecule has 1 aliphatic carbocycles. The normalized spacial score (nSPS) is 16.4. The summed E-state index contributed by atoms with van der Waals surface area (Å²) < 4.78 is 4.96. The molecule has 0 radical (unpaired) electrons. The number of aromatic nitrogens is 1. The van der Waals surface area contributed by atoms with E-state index >= 15 is 0 Å². The van der Waals surface area contributed by atoms with Crippen molar-refractivity contribution in [1.82, 2.24) is 10.3 Å². The first-order valence-corrected chi connectivity index (χ1v) is 8.32. The van der Waals surface area contributed by atoms with E-state index in [4.69, 9.17) is 10.5 Å². The summed E-state index contributed by atoms with van der Waals surface area (Å²) in [6.07, 6.45) is 7.03. The standard InChI is InChI=1S/C14H24N4O2S/c1-20-9-8-16-14-18-12(15)11(21-14)13(19)17-10-6-4-2-3-5-7-10/h10H,2-9,15H2,1H3,(H,16,18)(H,17,19). The van der Waals surface area contributed by atoms with Crippen LogP contribution >= 0.6 is 11.3 Å². The Morgan fingerprint density at radius 2 is 2.10 bits per heavy atom. The molecule has 6 nitrogen and oxygen atoms in total. The molecule has 0 saturated heterocycles. The minimum Gasteiger partial charge on any atom is -0.383 e. The smallest absolute Gasteiger partial charge is 0.265 e. The maximum atomic E-state index is 12.3. The van der Waals surface area contributed by atoms with E-state index in [9.17, 15) is 4.79 Å². The highest BCUT2D eigenvalue weighted by Gasteiger charge is 2.20. The van der Waals surface area contributed by atoms with Gasteiger partial charge in [-0.25, -0.2) is 4.98 Å². The molecule has 0 bridgehead atoms. The van der Waals surface area contributed by atoms with Gasteiger partial charge in [0.05, 0.1) is 6.61 Å². The topological polar surface area (TPSA) is 89.3 Å². The predicted molar refractivity (Wildman–Crippen MR) is 85.8 cm³/mol. The van der Waals surface area contributed by atoms with Crippen molar-refractivity contribution in [3.8, 4) is 0 Å². The minimum absolute atomic E-state index is 0.100. The predicted octanol–water partition coefficient (Wildman–Crippen LogP) is 2.24. The van der Waals surface area contributed by atoms with E-state index in [2.05, 4.69) is 15.6 Å². The molecule has 1 saturated carbocycles. The number of nitrogens with zero attached hydrogens (tertiary/aromatic N) is 1. The molecule has 118 valence electrons. The summed E-state index contributed by atoms with van der Waals surface area (Å²) in [5.41, 5.74) is 5.85. The lowest BCUT2D eigenvalue weighted by atomic mass is 10.1. The van der Waals surface area contributed by atoms with Crippen LogP contribution < -0.4 is 16.4 Å². The maximum Gasteiger partial charge on any atom is 0.265 e. The van der Waals surface area contributed by atoms with Crippen molar-refractivity contribution < 1.29 is 9.53 Å². The molecule has 0 aromatic carbocycles. The summed E-state index contributed by atoms with van der Waals surface area (Å²) in [6.45, 7) is 1.23. The van der Waals surface area contributed by atoms with Crippen molar-refractivity contribution >= 4 is 28.2 Å². The fourth-order valence-corrected chi connectivity index (χ4v) is 3.32. The Morgan fingerprint density at radius 1 is 1.38 bits per heavy atom. The summed E-state index contributed by atoms with van der Waals surface area (Å²) in [4.78, 5) is 17.0. The van der Waals surface area contributed by atoms with E-state index < -0.39 is 0 Å². The van der Waals surface area contributed by atoms with Crippen molar-refractivity contribution in [2.75, 3.05) is 31.3 Å². The van der Waals surface area contributed by atoms with Gasteiger partial charge in [0.1, 0.15) is 10.7 Å². The number of hydrogen-bond donors (Lipinski definition) is 3. The van der Waals surface area contributed by atoms with Gasteiger partial charge in [0, 0.05) is 19.7 Å². The molecule has 1 heterocycles. The number of nitrogen functional groups attached to an aromatic ring is 1. The minimum atomic E-state index is -0.100. The Bertz CT molecular complexity index is 456. The largest absolute Gasteiger partial charge is 0.383 e. The molecule has 4 N–H and O–H groups in total. The number of anilines is 2. The zero-order valence-corrected chi connectivity index (χ0v) is 13.3. The van der Waals surface area contributed by atoms with Crippen molar-refractivity contribution in [3.63, 3.8) is 0 Å². The van der Waals surface area contributed by atoms with E-state index in [1.807, 2.05) is 0 Å². The van der Waals surface area contributed by atoms with Gasteiger partial charge in [-0.2, -0.15) is 0 Å². The second-order valence-electron chi connectivity index (χ2n) is 5.31. The lowest BCUT2D eigenvalue weighted by Crippen LogP contribution is -2.34. The first-order chi connectivity index (χ1) is 10.2. The van der Waals surface area contributed by atoms with Crippen LogP contribution in [-0.4, -0.2) is 37.2 Å². The van der Waals surface area contributed by atoms with Crippen molar-refractivity contribution in [2.24, 2.45) is 0 Å². The van der Waals surface area contributed by atoms with Gasteiger partial charge in [0.2, 0.25) is 0 Å². The Kier molecular flexibility index (Phi) is 6.25. The third-order valence-corrected chi connectivity index (χ3v) is 4.66. The number of nitrogens with one attached hydrogen (secondary N) is 2. The van der Waals surface area contributed by atoms with Gasteiger partial charge in [-0.3, -0.25) is 4.79 Å². The zero-order chi connectivity index (χ0) is 15.1. The summed E-state index contributed by atoms with van der Waals surface area (Å²) in [7, 11) is 1.64. The highest BCUT2D eigenvalue weighted by Crippen LogP contribution is 2.25. The molecule has 0 spiro atoms. The van der Waals surface area contributed by atoms with Crippen LogP contribution in [0.3, 0.4) is 0 Å². The molecule has 21 heavy (non-hydrogen) atoms. The number of ether oxygens (including phenoxy) is 1. The van der Waals surface area contributed by atoms with Crippen molar-refractivity contribution in [1.29, 1.82) is 0 Å². The molecule has 1 amide bonds.